The van der Waals surface area contributed by atoms with Crippen molar-refractivity contribution in [1.82, 2.24) is 0 Å². The van der Waals surface area contributed by atoms with Crippen molar-refractivity contribution in [2.24, 2.45) is 20.5 Å². The molecule has 0 unspecified atom stereocenters. The molecule has 9 heteroatoms. The van der Waals surface area contributed by atoms with E-state index in [0.717, 1.165) is 30.6 Å². The Morgan fingerprint density at radius 2 is 0.521 bits per heavy atom. The van der Waals surface area contributed by atoms with E-state index in [2.05, 4.69) is 89.8 Å². The molecule has 0 saturated heterocycles. The first kappa shape index (κ1) is 59.5. The molecular weight excluding hydrogens is 881 g/mol. The van der Waals surface area contributed by atoms with Crippen LogP contribution in [0.3, 0.4) is 0 Å². The number of azo groups is 2. The van der Waals surface area contributed by atoms with Crippen LogP contribution in [-0.2, 0) is 25.7 Å². The van der Waals surface area contributed by atoms with Gasteiger partial charge < -0.3 is 15.3 Å². The van der Waals surface area contributed by atoms with Crippen LogP contribution in [0, 0.1) is 0 Å². The molecule has 0 saturated carbocycles. The fourth-order valence-electron chi connectivity index (χ4n) is 8.07. The molecular formula is C62H86N4O5. The topological polar surface area (TPSA) is 144 Å². The number of rotatable bonds is 33. The molecule has 3 N–H and O–H groups in total. The first-order chi connectivity index (χ1) is 34.7. The molecule has 9 nitrogen and oxygen atoms in total. The molecule has 5 aromatic carbocycles. The van der Waals surface area contributed by atoms with Crippen LogP contribution in [0.2, 0.25) is 0 Å². The van der Waals surface area contributed by atoms with E-state index in [9.17, 15) is 9.59 Å². The third-order valence-electron chi connectivity index (χ3n) is 12.5. The maximum atomic E-state index is 10.9. The van der Waals surface area contributed by atoms with Crippen molar-refractivity contribution in [2.75, 3.05) is 6.61 Å². The van der Waals surface area contributed by atoms with Crippen molar-refractivity contribution >= 4 is 34.7 Å². The first-order valence-corrected chi connectivity index (χ1v) is 27.1. The number of aliphatic hydroxyl groups is 1. The van der Waals surface area contributed by atoms with E-state index < -0.39 is 11.9 Å². The van der Waals surface area contributed by atoms with E-state index in [0.29, 0.717) is 11.4 Å². The van der Waals surface area contributed by atoms with Gasteiger partial charge in [0.1, 0.15) is 0 Å². The maximum absolute atomic E-state index is 10.9. The molecule has 0 atom stereocenters. The second-order valence-electron chi connectivity index (χ2n) is 18.7. The summed E-state index contributed by atoms with van der Waals surface area (Å²) >= 11 is 0. The van der Waals surface area contributed by atoms with Gasteiger partial charge >= 0.3 is 11.9 Å². The van der Waals surface area contributed by atoms with E-state index in [1.54, 1.807) is 24.3 Å². The third kappa shape index (κ3) is 28.6. The Hall–Kier alpha value is -5.80. The minimum Gasteiger partial charge on any atom is -0.478 e. The average molecular weight is 967 g/mol. The van der Waals surface area contributed by atoms with Crippen LogP contribution >= 0.6 is 0 Å². The van der Waals surface area contributed by atoms with Crippen LogP contribution in [0.1, 0.15) is 205 Å². The predicted molar refractivity (Wildman–Crippen MR) is 295 cm³/mol. The Bertz CT molecular complexity index is 2170. The molecule has 0 aliphatic rings. The van der Waals surface area contributed by atoms with Crippen molar-refractivity contribution in [2.45, 2.75) is 188 Å². The van der Waals surface area contributed by atoms with Crippen LogP contribution in [0.5, 0.6) is 0 Å². The van der Waals surface area contributed by atoms with Crippen LogP contribution < -0.4 is 0 Å². The molecule has 0 heterocycles. The van der Waals surface area contributed by atoms with E-state index in [4.69, 9.17) is 15.3 Å². The zero-order valence-electron chi connectivity index (χ0n) is 43.6. The standard InChI is InChI=1S/C25H34N2O2.C21H26N2O2.C16H26O/c1-2-3-4-5-6-7-8-9-10-11-12-21-13-17-23(18-14-21)26-27-24-19-15-22(16-20-24)25(28)29;1-2-3-4-5-6-7-8-17-9-13-19(14-10-17)22-23-20-15-11-18(12-16-20)21(24)25;1-2-3-4-5-6-7-8-15-9-11-16(12-10-15)13-14-17/h13-20H,2-12H2,1H3,(H,28,29);9-16H,2-8H2,1H3,(H,24,25);9-12,17H,2-8,13-14H2,1H3. The second kappa shape index (κ2) is 38.9. The quantitative estimate of drug-likeness (QED) is 0.0283. The van der Waals surface area contributed by atoms with Crippen molar-refractivity contribution in [3.63, 3.8) is 0 Å². The van der Waals surface area contributed by atoms with Gasteiger partial charge in [0.25, 0.3) is 0 Å². The van der Waals surface area contributed by atoms with Gasteiger partial charge in [0.05, 0.1) is 33.9 Å². The molecule has 0 aromatic heterocycles. The number of hydrogen-bond donors (Lipinski definition) is 3. The lowest BCUT2D eigenvalue weighted by molar-refractivity contribution is 0.0686. The molecule has 384 valence electrons. The van der Waals surface area contributed by atoms with Gasteiger partial charge in [-0.3, -0.25) is 0 Å². The van der Waals surface area contributed by atoms with Gasteiger partial charge in [-0.15, -0.1) is 0 Å². The number of aliphatic hydroxyl groups excluding tert-OH is 1. The lowest BCUT2D eigenvalue weighted by Gasteiger charge is -2.03. The number of hydrogen-bond acceptors (Lipinski definition) is 7. The van der Waals surface area contributed by atoms with Gasteiger partial charge in [0.15, 0.2) is 0 Å². The Kier molecular flexibility index (Phi) is 32.6. The Balaban J connectivity index is 0.000000291. The molecule has 5 rings (SSSR count). The second-order valence-corrected chi connectivity index (χ2v) is 18.7. The zero-order valence-corrected chi connectivity index (χ0v) is 43.6. The number of benzene rings is 5. The number of carbonyl (C=O) groups is 2. The molecule has 0 amide bonds. The fraction of sp³-hybridized carbons (Fsp3) is 0.484. The molecule has 5 aromatic rings. The Morgan fingerprint density at radius 3 is 0.761 bits per heavy atom. The van der Waals surface area contributed by atoms with Crippen molar-refractivity contribution in [1.29, 1.82) is 0 Å². The van der Waals surface area contributed by atoms with Crippen molar-refractivity contribution in [3.05, 3.63) is 155 Å². The molecule has 0 bridgehead atoms. The Labute approximate surface area is 427 Å². The summed E-state index contributed by atoms with van der Waals surface area (Å²) in [5.41, 5.74) is 8.73. The first-order valence-electron chi connectivity index (χ1n) is 27.1. The number of aromatic carboxylic acids is 2. The third-order valence-corrected chi connectivity index (χ3v) is 12.5. The van der Waals surface area contributed by atoms with Gasteiger partial charge in [-0.05, 0) is 140 Å². The molecule has 0 fully saturated rings. The van der Waals surface area contributed by atoms with Crippen molar-refractivity contribution < 1.29 is 24.9 Å². The summed E-state index contributed by atoms with van der Waals surface area (Å²) in [5, 5.41) is 43.3. The lowest BCUT2D eigenvalue weighted by atomic mass is 10.0. The zero-order chi connectivity index (χ0) is 51.0. The minimum absolute atomic E-state index is 0.247. The highest BCUT2D eigenvalue weighted by atomic mass is 16.4. The summed E-state index contributed by atoms with van der Waals surface area (Å²) in [6.07, 6.45) is 33.8. The lowest BCUT2D eigenvalue weighted by Crippen LogP contribution is -1.93. The molecule has 0 aliphatic heterocycles. The summed E-state index contributed by atoms with van der Waals surface area (Å²) in [7, 11) is 0. The van der Waals surface area contributed by atoms with Crippen LogP contribution in [-0.4, -0.2) is 33.9 Å². The highest BCUT2D eigenvalue weighted by Crippen LogP contribution is 2.23. The summed E-state index contributed by atoms with van der Waals surface area (Å²) < 4.78 is 0. The van der Waals surface area contributed by atoms with Gasteiger partial charge in [-0.2, -0.15) is 20.5 Å². The number of unbranched alkanes of at least 4 members (excludes halogenated alkanes) is 19. The van der Waals surface area contributed by atoms with Crippen LogP contribution in [0.25, 0.3) is 0 Å². The molecule has 0 spiro atoms. The Morgan fingerprint density at radius 1 is 0.310 bits per heavy atom. The monoisotopic (exact) mass is 967 g/mol. The number of aryl methyl sites for hydroxylation is 3. The largest absolute Gasteiger partial charge is 0.478 e. The van der Waals surface area contributed by atoms with E-state index in [1.807, 2.05) is 24.3 Å². The average Bonchev–Trinajstić information content (AvgIpc) is 3.39. The van der Waals surface area contributed by atoms with E-state index in [1.165, 1.54) is 194 Å². The van der Waals surface area contributed by atoms with Gasteiger partial charge in [0.2, 0.25) is 0 Å². The molecule has 0 aliphatic carbocycles. The minimum atomic E-state index is -0.940. The summed E-state index contributed by atoms with van der Waals surface area (Å²) in [6, 6.07) is 37.8. The predicted octanol–water partition coefficient (Wildman–Crippen LogP) is 19.1. The van der Waals surface area contributed by atoms with Gasteiger partial charge in [0, 0.05) is 6.61 Å². The van der Waals surface area contributed by atoms with Crippen LogP contribution in [0.15, 0.2) is 142 Å². The summed E-state index contributed by atoms with van der Waals surface area (Å²) in [5.74, 6) is -1.88. The SMILES string of the molecule is CCCCCCCCCCCCc1ccc(N=Nc2ccc(C(=O)O)cc2)cc1.CCCCCCCCc1ccc(CCO)cc1.CCCCCCCCc1ccc(N=Nc2ccc(C(=O)O)cc2)cc1. The van der Waals surface area contributed by atoms with Gasteiger partial charge in [-0.1, -0.05) is 191 Å². The van der Waals surface area contributed by atoms with Crippen LogP contribution in [0.4, 0.5) is 22.7 Å². The number of carboxylic acids is 2. The van der Waals surface area contributed by atoms with E-state index >= 15 is 0 Å². The highest BCUT2D eigenvalue weighted by Gasteiger charge is 2.04. The molecule has 71 heavy (non-hydrogen) atoms. The summed E-state index contributed by atoms with van der Waals surface area (Å²) in [4.78, 5) is 21.7. The number of carboxylic acid groups (broad SMARTS) is 2. The number of nitrogens with zero attached hydrogens (tertiary/aromatic N) is 4. The highest BCUT2D eigenvalue weighted by molar-refractivity contribution is 5.88. The smallest absolute Gasteiger partial charge is 0.335 e. The van der Waals surface area contributed by atoms with Gasteiger partial charge in [-0.25, -0.2) is 9.59 Å². The van der Waals surface area contributed by atoms with Crippen molar-refractivity contribution in [3.8, 4) is 0 Å². The maximum Gasteiger partial charge on any atom is 0.335 e. The normalized spacial score (nSPS) is 11.0. The van der Waals surface area contributed by atoms with E-state index in [-0.39, 0.29) is 17.7 Å². The summed E-state index contributed by atoms with van der Waals surface area (Å²) in [6.45, 7) is 7.01. The molecule has 0 radical (unpaired) electrons. The fourth-order valence-corrected chi connectivity index (χ4v) is 8.07.